The lowest BCUT2D eigenvalue weighted by Crippen LogP contribution is -2.49. The van der Waals surface area contributed by atoms with Gasteiger partial charge in [-0.25, -0.2) is 9.97 Å². The fourth-order valence-electron chi connectivity index (χ4n) is 3.07. The van der Waals surface area contributed by atoms with Gasteiger partial charge in [0, 0.05) is 51.7 Å². The van der Waals surface area contributed by atoms with Gasteiger partial charge in [0.05, 0.1) is 23.6 Å². The van der Waals surface area contributed by atoms with Crippen molar-refractivity contribution in [3.05, 3.63) is 54.9 Å². The molecule has 128 valence electrons. The average Bonchev–Trinajstić information content (AvgIpc) is 3.19. The van der Waals surface area contributed by atoms with Crippen LogP contribution in [0.25, 0.3) is 11.0 Å². The predicted octanol–water partition coefficient (Wildman–Crippen LogP) is 1.28. The molecule has 1 aromatic carbocycles. The summed E-state index contributed by atoms with van der Waals surface area (Å²) in [5.74, 6) is -0.0347. The highest BCUT2D eigenvalue weighted by Crippen LogP contribution is 2.11. The molecular formula is C18H20N6O. The van der Waals surface area contributed by atoms with Gasteiger partial charge in [-0.05, 0) is 12.1 Å². The van der Waals surface area contributed by atoms with Crippen molar-refractivity contribution in [1.82, 2.24) is 29.3 Å². The lowest BCUT2D eigenvalue weighted by molar-refractivity contribution is 0.0627. The van der Waals surface area contributed by atoms with Gasteiger partial charge in [-0.1, -0.05) is 12.1 Å². The molecule has 1 fully saturated rings. The normalized spacial score (nSPS) is 15.6. The summed E-state index contributed by atoms with van der Waals surface area (Å²) in [6, 6.07) is 7.61. The minimum Gasteiger partial charge on any atom is -0.336 e. The molecule has 4 rings (SSSR count). The predicted molar refractivity (Wildman–Crippen MR) is 94.1 cm³/mol. The molecule has 0 spiro atoms. The van der Waals surface area contributed by atoms with Gasteiger partial charge in [0.2, 0.25) is 0 Å². The number of para-hydroxylation sites is 2. The van der Waals surface area contributed by atoms with Gasteiger partial charge >= 0.3 is 0 Å². The van der Waals surface area contributed by atoms with Crippen molar-refractivity contribution < 1.29 is 4.79 Å². The smallest absolute Gasteiger partial charge is 0.274 e. The molecule has 0 saturated carbocycles. The highest BCUT2D eigenvalue weighted by atomic mass is 16.2. The first-order valence-electron chi connectivity index (χ1n) is 8.49. The van der Waals surface area contributed by atoms with E-state index in [1.807, 2.05) is 41.7 Å². The molecule has 7 nitrogen and oxygen atoms in total. The van der Waals surface area contributed by atoms with E-state index in [0.717, 1.165) is 50.3 Å². The number of aromatic nitrogens is 4. The number of carbonyl (C=O) groups is 1. The maximum atomic E-state index is 12.7. The molecule has 25 heavy (non-hydrogen) atoms. The molecule has 2 aromatic heterocycles. The van der Waals surface area contributed by atoms with E-state index in [1.165, 1.54) is 0 Å². The van der Waals surface area contributed by atoms with Crippen LogP contribution in [0.2, 0.25) is 0 Å². The zero-order valence-electron chi connectivity index (χ0n) is 14.0. The second kappa shape index (κ2) is 6.98. The van der Waals surface area contributed by atoms with Crippen molar-refractivity contribution in [2.75, 3.05) is 32.7 Å². The third kappa shape index (κ3) is 3.51. The van der Waals surface area contributed by atoms with E-state index in [-0.39, 0.29) is 5.91 Å². The highest BCUT2D eigenvalue weighted by Gasteiger charge is 2.23. The first-order valence-corrected chi connectivity index (χ1v) is 8.49. The molecule has 0 radical (unpaired) electrons. The molecule has 0 atom stereocenters. The van der Waals surface area contributed by atoms with E-state index in [4.69, 9.17) is 0 Å². The summed E-state index contributed by atoms with van der Waals surface area (Å²) in [7, 11) is 0. The Morgan fingerprint density at radius 2 is 1.84 bits per heavy atom. The van der Waals surface area contributed by atoms with Crippen molar-refractivity contribution in [2.45, 2.75) is 6.54 Å². The van der Waals surface area contributed by atoms with Gasteiger partial charge in [0.1, 0.15) is 5.69 Å². The molecule has 3 heterocycles. The summed E-state index contributed by atoms with van der Waals surface area (Å²) < 4.78 is 2.07. The number of hydrogen-bond acceptors (Lipinski definition) is 5. The number of benzene rings is 1. The van der Waals surface area contributed by atoms with Gasteiger partial charge in [0.15, 0.2) is 0 Å². The van der Waals surface area contributed by atoms with Crippen LogP contribution in [0.15, 0.2) is 49.2 Å². The Balaban J connectivity index is 1.35. The molecule has 0 N–H and O–H groups in total. The number of carbonyl (C=O) groups excluding carboxylic acids is 1. The third-order valence-electron chi connectivity index (χ3n) is 4.56. The quantitative estimate of drug-likeness (QED) is 0.718. The minimum absolute atomic E-state index is 0.0347. The average molecular weight is 336 g/mol. The van der Waals surface area contributed by atoms with Crippen LogP contribution in [0.4, 0.5) is 0 Å². The summed E-state index contributed by atoms with van der Waals surface area (Å²) >= 11 is 0. The van der Waals surface area contributed by atoms with Gasteiger partial charge in [-0.15, -0.1) is 0 Å². The highest BCUT2D eigenvalue weighted by molar-refractivity contribution is 5.93. The Labute approximate surface area is 145 Å². The number of imidazole rings is 1. The summed E-state index contributed by atoms with van der Waals surface area (Å²) in [6.07, 6.45) is 7.17. The Morgan fingerprint density at radius 3 is 2.60 bits per heavy atom. The van der Waals surface area contributed by atoms with Crippen LogP contribution in [0.1, 0.15) is 10.5 Å². The number of fused-ring (bicyclic) bond motifs is 1. The summed E-state index contributed by atoms with van der Waals surface area (Å²) in [5, 5.41) is 0. The fourth-order valence-corrected chi connectivity index (χ4v) is 3.07. The van der Waals surface area contributed by atoms with E-state index in [2.05, 4.69) is 24.4 Å². The van der Waals surface area contributed by atoms with Crippen molar-refractivity contribution in [3.8, 4) is 0 Å². The lowest BCUT2D eigenvalue weighted by Gasteiger charge is -2.34. The summed E-state index contributed by atoms with van der Waals surface area (Å²) in [5.41, 5.74) is 1.99. The van der Waals surface area contributed by atoms with Crippen LogP contribution in [-0.2, 0) is 6.54 Å². The molecule has 1 saturated heterocycles. The maximum Gasteiger partial charge on any atom is 0.274 e. The van der Waals surface area contributed by atoms with Crippen molar-refractivity contribution >= 4 is 16.9 Å². The summed E-state index contributed by atoms with van der Waals surface area (Å²) in [6.45, 7) is 5.08. The molecule has 1 amide bonds. The van der Waals surface area contributed by atoms with E-state index in [1.54, 1.807) is 12.4 Å². The SMILES string of the molecule is O=C(c1cnc2ccccc2n1)N1CCN(CCn2ccnc2)CC1. The maximum absolute atomic E-state index is 12.7. The molecule has 1 aliphatic rings. The number of rotatable bonds is 4. The number of piperazine rings is 1. The first-order chi connectivity index (χ1) is 12.3. The van der Waals surface area contributed by atoms with Gasteiger partial charge in [-0.3, -0.25) is 14.7 Å². The topological polar surface area (TPSA) is 67.2 Å². The minimum atomic E-state index is -0.0347. The second-order valence-corrected chi connectivity index (χ2v) is 6.18. The van der Waals surface area contributed by atoms with Gasteiger partial charge in [0.25, 0.3) is 5.91 Å². The van der Waals surface area contributed by atoms with Crippen LogP contribution in [-0.4, -0.2) is 67.9 Å². The third-order valence-corrected chi connectivity index (χ3v) is 4.56. The van der Waals surface area contributed by atoms with E-state index in [0.29, 0.717) is 5.69 Å². The Morgan fingerprint density at radius 1 is 1.04 bits per heavy atom. The van der Waals surface area contributed by atoms with Crippen molar-refractivity contribution in [3.63, 3.8) is 0 Å². The van der Waals surface area contributed by atoms with Crippen LogP contribution in [0.5, 0.6) is 0 Å². The van der Waals surface area contributed by atoms with E-state index >= 15 is 0 Å². The largest absolute Gasteiger partial charge is 0.336 e. The van der Waals surface area contributed by atoms with Crippen molar-refractivity contribution in [2.24, 2.45) is 0 Å². The van der Waals surface area contributed by atoms with Crippen molar-refractivity contribution in [1.29, 1.82) is 0 Å². The lowest BCUT2D eigenvalue weighted by atomic mass is 10.2. The molecule has 0 bridgehead atoms. The first kappa shape index (κ1) is 15.7. The van der Waals surface area contributed by atoms with Gasteiger partial charge in [-0.2, -0.15) is 0 Å². The standard InChI is InChI=1S/C18H20N6O/c25-18(17-13-20-15-3-1-2-4-16(15)21-17)24-11-9-22(10-12-24)7-8-23-6-5-19-14-23/h1-6,13-14H,7-12H2. The molecule has 3 aromatic rings. The monoisotopic (exact) mass is 336 g/mol. The zero-order valence-corrected chi connectivity index (χ0v) is 14.0. The van der Waals surface area contributed by atoms with E-state index < -0.39 is 0 Å². The molecular weight excluding hydrogens is 316 g/mol. The molecule has 0 unspecified atom stereocenters. The van der Waals surface area contributed by atoms with E-state index in [9.17, 15) is 4.79 Å². The molecule has 1 aliphatic heterocycles. The van der Waals surface area contributed by atoms with Crippen LogP contribution < -0.4 is 0 Å². The fraction of sp³-hybridized carbons (Fsp3) is 0.333. The Kier molecular flexibility index (Phi) is 4.39. The number of nitrogens with zero attached hydrogens (tertiary/aromatic N) is 6. The van der Waals surface area contributed by atoms with Crippen LogP contribution >= 0.6 is 0 Å². The Hall–Kier alpha value is -2.80. The van der Waals surface area contributed by atoms with Crippen LogP contribution in [0.3, 0.4) is 0 Å². The van der Waals surface area contributed by atoms with Gasteiger partial charge < -0.3 is 9.47 Å². The molecule has 0 aliphatic carbocycles. The number of amides is 1. The second-order valence-electron chi connectivity index (χ2n) is 6.18. The van der Waals surface area contributed by atoms with Crippen LogP contribution in [0, 0.1) is 0 Å². The molecule has 7 heteroatoms. The number of hydrogen-bond donors (Lipinski definition) is 0. The zero-order chi connectivity index (χ0) is 17.1. The Bertz CT molecular complexity index is 855. The summed E-state index contributed by atoms with van der Waals surface area (Å²) in [4.78, 5) is 29.8.